The first-order valence-corrected chi connectivity index (χ1v) is 12.0. The second-order valence-corrected chi connectivity index (χ2v) is 9.38. The van der Waals surface area contributed by atoms with E-state index in [1.807, 2.05) is 32.8 Å². The van der Waals surface area contributed by atoms with Crippen LogP contribution in [0.4, 0.5) is 5.82 Å². The lowest BCUT2D eigenvalue weighted by Gasteiger charge is -2.37. The molecule has 2 aromatic rings. The lowest BCUT2D eigenvalue weighted by Crippen LogP contribution is -2.51. The maximum absolute atomic E-state index is 12.4. The zero-order chi connectivity index (χ0) is 22.5. The van der Waals surface area contributed by atoms with E-state index in [9.17, 15) is 4.79 Å². The van der Waals surface area contributed by atoms with Gasteiger partial charge in [0.2, 0.25) is 0 Å². The number of esters is 1. The van der Waals surface area contributed by atoms with Gasteiger partial charge in [-0.2, -0.15) is 0 Å². The number of nitrogens with one attached hydrogen (secondary N) is 1. The molecule has 8 nitrogen and oxygen atoms in total. The van der Waals surface area contributed by atoms with Crippen molar-refractivity contribution in [1.29, 1.82) is 0 Å². The van der Waals surface area contributed by atoms with E-state index in [1.54, 1.807) is 0 Å². The number of anilines is 1. The Morgan fingerprint density at radius 3 is 2.55 bits per heavy atom. The van der Waals surface area contributed by atoms with Crippen molar-refractivity contribution in [3.8, 4) is 0 Å². The number of thiophene rings is 1. The molecule has 0 bridgehead atoms. The maximum atomic E-state index is 12.4. The normalized spacial score (nSPS) is 16.7. The third kappa shape index (κ3) is 5.71. The molecule has 0 saturated carbocycles. The molecule has 1 atom stereocenters. The molecule has 1 aliphatic heterocycles. The topological polar surface area (TPSA) is 73.8 Å². The van der Waals surface area contributed by atoms with Crippen LogP contribution in [0, 0.1) is 6.92 Å². The molecule has 0 spiro atoms. The first-order valence-electron chi connectivity index (χ1n) is 11.2. The highest BCUT2D eigenvalue weighted by Gasteiger charge is 2.23. The highest BCUT2D eigenvalue weighted by molar-refractivity contribution is 7.20. The van der Waals surface area contributed by atoms with E-state index < -0.39 is 0 Å². The second kappa shape index (κ2) is 10.7. The van der Waals surface area contributed by atoms with Crippen LogP contribution < -0.4 is 5.32 Å². The maximum Gasteiger partial charge on any atom is 0.348 e. The van der Waals surface area contributed by atoms with Crippen molar-refractivity contribution in [1.82, 2.24) is 24.7 Å². The van der Waals surface area contributed by atoms with E-state index >= 15 is 0 Å². The average Bonchev–Trinajstić information content (AvgIpc) is 3.08. The third-order valence-electron chi connectivity index (χ3n) is 5.80. The van der Waals surface area contributed by atoms with Gasteiger partial charge in [-0.25, -0.2) is 14.8 Å². The SMILES string of the molecule is CCOC(=O)c1sc2nc(CN(C)C)nc(NCC(C)N3CCN(CC)CC3)c2c1C. The number of nitrogens with zero attached hydrogens (tertiary/aromatic N) is 5. The van der Waals surface area contributed by atoms with Crippen LogP contribution in [0.1, 0.15) is 41.8 Å². The summed E-state index contributed by atoms with van der Waals surface area (Å²) in [5.74, 6) is 1.27. The first kappa shape index (κ1) is 23.8. The molecule has 3 rings (SSSR count). The largest absolute Gasteiger partial charge is 0.462 e. The van der Waals surface area contributed by atoms with Crippen LogP contribution in [-0.2, 0) is 11.3 Å². The molecule has 0 radical (unpaired) electrons. The van der Waals surface area contributed by atoms with Crippen molar-refractivity contribution < 1.29 is 9.53 Å². The number of hydrogen-bond donors (Lipinski definition) is 1. The van der Waals surface area contributed by atoms with Gasteiger partial charge in [-0.1, -0.05) is 6.92 Å². The Labute approximate surface area is 189 Å². The lowest BCUT2D eigenvalue weighted by atomic mass is 10.2. The Kier molecular flexibility index (Phi) is 8.21. The van der Waals surface area contributed by atoms with Crippen LogP contribution in [0.15, 0.2) is 0 Å². The molecule has 31 heavy (non-hydrogen) atoms. The fourth-order valence-electron chi connectivity index (χ4n) is 3.95. The smallest absolute Gasteiger partial charge is 0.348 e. The van der Waals surface area contributed by atoms with E-state index in [2.05, 4.69) is 29.0 Å². The van der Waals surface area contributed by atoms with Gasteiger partial charge in [0.1, 0.15) is 21.3 Å². The second-order valence-electron chi connectivity index (χ2n) is 8.38. The van der Waals surface area contributed by atoms with Gasteiger partial charge in [0.25, 0.3) is 0 Å². The molecule has 172 valence electrons. The van der Waals surface area contributed by atoms with E-state index in [0.717, 1.165) is 66.7 Å². The summed E-state index contributed by atoms with van der Waals surface area (Å²) in [6.45, 7) is 15.6. The highest BCUT2D eigenvalue weighted by Crippen LogP contribution is 2.34. The molecule has 0 aliphatic carbocycles. The van der Waals surface area contributed by atoms with Crippen LogP contribution in [0.25, 0.3) is 10.2 Å². The standard InChI is InChI=1S/C22H36N6O2S/c1-7-27-9-11-28(12-10-27)15(3)13-23-20-18-16(4)19(22(29)30-8-2)31-21(18)25-17(24-20)14-26(5)6/h15H,7-14H2,1-6H3,(H,23,24,25). The Balaban J connectivity index is 1.84. The molecule has 2 aromatic heterocycles. The van der Waals surface area contributed by atoms with Gasteiger partial charge in [-0.3, -0.25) is 4.90 Å². The van der Waals surface area contributed by atoms with Crippen LogP contribution in [0.2, 0.25) is 0 Å². The van der Waals surface area contributed by atoms with Gasteiger partial charge in [0.05, 0.1) is 18.5 Å². The fraction of sp³-hybridized carbons (Fsp3) is 0.682. The predicted octanol–water partition coefficient (Wildman–Crippen LogP) is 2.68. The third-order valence-corrected chi connectivity index (χ3v) is 6.96. The average molecular weight is 449 g/mol. The number of piperazine rings is 1. The number of aryl methyl sites for hydroxylation is 1. The van der Waals surface area contributed by atoms with Crippen molar-refractivity contribution in [3.05, 3.63) is 16.3 Å². The van der Waals surface area contributed by atoms with E-state index in [4.69, 9.17) is 14.7 Å². The number of ether oxygens (including phenoxy) is 1. The zero-order valence-corrected chi connectivity index (χ0v) is 20.5. The van der Waals surface area contributed by atoms with Crippen molar-refractivity contribution in [2.24, 2.45) is 0 Å². The number of likely N-dealkylation sites (N-methyl/N-ethyl adjacent to an activating group) is 1. The van der Waals surface area contributed by atoms with Crippen LogP contribution in [0.3, 0.4) is 0 Å². The van der Waals surface area contributed by atoms with Crippen LogP contribution >= 0.6 is 11.3 Å². The van der Waals surface area contributed by atoms with Gasteiger partial charge >= 0.3 is 5.97 Å². The number of aromatic nitrogens is 2. The summed E-state index contributed by atoms with van der Waals surface area (Å²) >= 11 is 1.39. The summed E-state index contributed by atoms with van der Waals surface area (Å²) in [6, 6.07) is 0.393. The summed E-state index contributed by atoms with van der Waals surface area (Å²) in [5.41, 5.74) is 0.890. The molecule has 3 heterocycles. The quantitative estimate of drug-likeness (QED) is 0.587. The molecule has 1 saturated heterocycles. The van der Waals surface area contributed by atoms with Crippen molar-refractivity contribution in [2.45, 2.75) is 40.3 Å². The number of carbonyl (C=O) groups is 1. The summed E-state index contributed by atoms with van der Waals surface area (Å²) in [5, 5.41) is 4.51. The monoisotopic (exact) mass is 448 g/mol. The van der Waals surface area contributed by atoms with E-state index in [1.165, 1.54) is 11.3 Å². The summed E-state index contributed by atoms with van der Waals surface area (Å²) in [6.07, 6.45) is 0. The Morgan fingerprint density at radius 1 is 1.23 bits per heavy atom. The van der Waals surface area contributed by atoms with Gasteiger partial charge < -0.3 is 19.9 Å². The Morgan fingerprint density at radius 2 is 1.94 bits per heavy atom. The molecule has 9 heteroatoms. The van der Waals surface area contributed by atoms with Gasteiger partial charge in [0.15, 0.2) is 0 Å². The molecule has 1 fully saturated rings. The first-order chi connectivity index (χ1) is 14.8. The highest BCUT2D eigenvalue weighted by atomic mass is 32.1. The van der Waals surface area contributed by atoms with Crippen molar-refractivity contribution in [3.63, 3.8) is 0 Å². The summed E-state index contributed by atoms with van der Waals surface area (Å²) < 4.78 is 5.25. The number of hydrogen-bond acceptors (Lipinski definition) is 9. The summed E-state index contributed by atoms with van der Waals surface area (Å²) in [4.78, 5) is 30.5. The molecule has 1 unspecified atom stereocenters. The van der Waals surface area contributed by atoms with E-state index in [0.29, 0.717) is 24.1 Å². The van der Waals surface area contributed by atoms with Gasteiger partial charge in [-0.05, 0) is 47.0 Å². The van der Waals surface area contributed by atoms with Crippen molar-refractivity contribution >= 4 is 33.3 Å². The minimum absolute atomic E-state index is 0.287. The Bertz CT molecular complexity index is 892. The number of fused-ring (bicyclic) bond motifs is 1. The molecule has 0 amide bonds. The molecule has 1 N–H and O–H groups in total. The molecular formula is C22H36N6O2S. The predicted molar refractivity (Wildman–Crippen MR) is 127 cm³/mol. The Hall–Kier alpha value is -1.81. The number of carbonyl (C=O) groups excluding carboxylic acids is 1. The van der Waals surface area contributed by atoms with Gasteiger partial charge in [0, 0.05) is 38.8 Å². The molecule has 0 aromatic carbocycles. The lowest BCUT2D eigenvalue weighted by molar-refractivity contribution is 0.0531. The fourth-order valence-corrected chi connectivity index (χ4v) is 5.04. The molecular weight excluding hydrogens is 412 g/mol. The van der Waals surface area contributed by atoms with Crippen molar-refractivity contribution in [2.75, 3.05) is 65.3 Å². The zero-order valence-electron chi connectivity index (χ0n) is 19.7. The molecule has 1 aliphatic rings. The minimum atomic E-state index is -0.287. The minimum Gasteiger partial charge on any atom is -0.462 e. The van der Waals surface area contributed by atoms with Gasteiger partial charge in [-0.15, -0.1) is 11.3 Å². The van der Waals surface area contributed by atoms with E-state index in [-0.39, 0.29) is 5.97 Å². The summed E-state index contributed by atoms with van der Waals surface area (Å²) in [7, 11) is 4.00. The number of rotatable bonds is 9. The van der Waals surface area contributed by atoms with Crippen LogP contribution in [0.5, 0.6) is 0 Å². The van der Waals surface area contributed by atoms with Crippen LogP contribution in [-0.4, -0.2) is 96.6 Å².